The van der Waals surface area contributed by atoms with Crippen LogP contribution in [0.2, 0.25) is 0 Å². The number of halogens is 4. The number of carbonyl (C=O) groups is 1. The number of allylic oxidation sites excluding steroid dienone is 2. The monoisotopic (exact) mass is 348 g/mol. The first-order chi connectivity index (χ1) is 9.30. The number of hydrogen-bond acceptors (Lipinski definition) is 2. The molecular formula is C13H12BrF3N2O. The molecule has 3 unspecified atom stereocenters. The van der Waals surface area contributed by atoms with Crippen LogP contribution in [-0.4, -0.2) is 22.4 Å². The summed E-state index contributed by atoms with van der Waals surface area (Å²) < 4.78 is 41.1. The second-order valence-corrected chi connectivity index (χ2v) is 6.38. The van der Waals surface area contributed by atoms with Gasteiger partial charge in [0, 0.05) is 30.4 Å². The number of amides is 1. The van der Waals surface area contributed by atoms with E-state index in [2.05, 4.69) is 20.9 Å². The molecular weight excluding hydrogens is 337 g/mol. The summed E-state index contributed by atoms with van der Waals surface area (Å²) in [7, 11) is 0. The molecule has 1 aliphatic heterocycles. The molecule has 3 aliphatic rings. The Morgan fingerprint density at radius 1 is 1.50 bits per heavy atom. The Morgan fingerprint density at radius 3 is 2.85 bits per heavy atom. The molecule has 1 saturated carbocycles. The number of aliphatic imine (C=N–C) groups is 1. The van der Waals surface area contributed by atoms with E-state index < -0.39 is 34.3 Å². The van der Waals surface area contributed by atoms with Crippen LogP contribution in [0.25, 0.3) is 0 Å². The quantitative estimate of drug-likeness (QED) is 0.728. The zero-order chi connectivity index (χ0) is 14.7. The number of alkyl halides is 3. The lowest BCUT2D eigenvalue weighted by Crippen LogP contribution is -2.38. The first kappa shape index (κ1) is 13.9. The van der Waals surface area contributed by atoms with Gasteiger partial charge in [-0.05, 0) is 12.5 Å². The van der Waals surface area contributed by atoms with Crippen LogP contribution in [0.4, 0.5) is 13.2 Å². The second kappa shape index (κ2) is 4.44. The molecule has 0 saturated heterocycles. The fourth-order valence-corrected chi connectivity index (χ4v) is 3.92. The van der Waals surface area contributed by atoms with E-state index in [9.17, 15) is 18.0 Å². The molecule has 0 spiro atoms. The van der Waals surface area contributed by atoms with E-state index in [0.717, 1.165) is 6.08 Å². The lowest BCUT2D eigenvalue weighted by Gasteiger charge is -2.33. The highest BCUT2D eigenvalue weighted by Crippen LogP contribution is 2.51. The van der Waals surface area contributed by atoms with Crippen LogP contribution in [-0.2, 0) is 4.79 Å². The number of nitrogens with two attached hydrogens (primary N) is 1. The molecule has 1 fully saturated rings. The van der Waals surface area contributed by atoms with Crippen LogP contribution in [0.1, 0.15) is 19.3 Å². The average molecular weight is 349 g/mol. The minimum Gasteiger partial charge on any atom is -0.366 e. The predicted octanol–water partition coefficient (Wildman–Crippen LogP) is 2.86. The van der Waals surface area contributed by atoms with Gasteiger partial charge in [-0.25, -0.2) is 13.2 Å². The Labute approximate surface area is 121 Å². The highest BCUT2D eigenvalue weighted by Gasteiger charge is 2.51. The Kier molecular flexibility index (Phi) is 3.08. The van der Waals surface area contributed by atoms with Gasteiger partial charge < -0.3 is 5.73 Å². The minimum absolute atomic E-state index is 0.00610. The van der Waals surface area contributed by atoms with Crippen LogP contribution in [0.15, 0.2) is 28.2 Å². The van der Waals surface area contributed by atoms with E-state index in [0.29, 0.717) is 11.4 Å². The molecule has 2 N–H and O–H groups in total. The van der Waals surface area contributed by atoms with Gasteiger partial charge in [0.1, 0.15) is 5.83 Å². The molecule has 3 nitrogen and oxygen atoms in total. The lowest BCUT2D eigenvalue weighted by molar-refractivity contribution is -0.114. The molecule has 0 aromatic heterocycles. The summed E-state index contributed by atoms with van der Waals surface area (Å²) in [6.07, 6.45) is 0.608. The standard InChI is InChI=1S/C13H12BrF3N2O/c14-10-7(15)3-5(12(18)20)11-9(10)6-4-13(16,17)2-1-8(6)19-11/h3,6,9-10H,1-2,4H2,(H2,18,20). The number of fused-ring (bicyclic) bond motifs is 3. The fourth-order valence-electron chi connectivity index (χ4n) is 3.17. The van der Waals surface area contributed by atoms with Crippen molar-refractivity contribution in [1.82, 2.24) is 0 Å². The number of carbonyl (C=O) groups excluding carboxylic acids is 1. The van der Waals surface area contributed by atoms with Gasteiger partial charge in [-0.2, -0.15) is 0 Å². The van der Waals surface area contributed by atoms with Crippen molar-refractivity contribution in [3.8, 4) is 0 Å². The molecule has 7 heteroatoms. The number of primary amides is 1. The van der Waals surface area contributed by atoms with E-state index in [1.54, 1.807) is 0 Å². The predicted molar refractivity (Wildman–Crippen MR) is 71.3 cm³/mol. The SMILES string of the molecule is NC(=O)C1=C2N=C3CCC(F)(F)CC3C2C(Br)C(F)=C1. The Bertz CT molecular complexity index is 582. The summed E-state index contributed by atoms with van der Waals surface area (Å²) >= 11 is 3.19. The minimum atomic E-state index is -2.77. The Morgan fingerprint density at radius 2 is 2.20 bits per heavy atom. The van der Waals surface area contributed by atoms with Crippen LogP contribution < -0.4 is 5.73 Å². The summed E-state index contributed by atoms with van der Waals surface area (Å²) in [6, 6.07) is 0. The Hall–Kier alpha value is -1.11. The summed E-state index contributed by atoms with van der Waals surface area (Å²) in [5.41, 5.74) is 6.20. The van der Waals surface area contributed by atoms with E-state index in [1.165, 1.54) is 0 Å². The molecule has 3 atom stereocenters. The second-order valence-electron chi connectivity index (χ2n) is 5.39. The lowest BCUT2D eigenvalue weighted by atomic mass is 9.74. The third-order valence-corrected chi connectivity index (χ3v) is 5.12. The van der Waals surface area contributed by atoms with Crippen molar-refractivity contribution < 1.29 is 18.0 Å². The van der Waals surface area contributed by atoms with Crippen molar-refractivity contribution >= 4 is 27.5 Å². The molecule has 1 amide bonds. The van der Waals surface area contributed by atoms with Crippen LogP contribution in [0.5, 0.6) is 0 Å². The highest BCUT2D eigenvalue weighted by molar-refractivity contribution is 9.09. The van der Waals surface area contributed by atoms with Crippen molar-refractivity contribution in [2.24, 2.45) is 22.6 Å². The highest BCUT2D eigenvalue weighted by atomic mass is 79.9. The molecule has 0 aromatic rings. The van der Waals surface area contributed by atoms with Gasteiger partial charge >= 0.3 is 0 Å². The van der Waals surface area contributed by atoms with Gasteiger partial charge in [-0.3, -0.25) is 9.79 Å². The average Bonchev–Trinajstić information content (AvgIpc) is 2.70. The molecule has 0 bridgehead atoms. The summed E-state index contributed by atoms with van der Waals surface area (Å²) in [5, 5.41) is 0. The van der Waals surface area contributed by atoms with Gasteiger partial charge in [0.2, 0.25) is 5.92 Å². The van der Waals surface area contributed by atoms with Crippen LogP contribution in [0.3, 0.4) is 0 Å². The summed E-state index contributed by atoms with van der Waals surface area (Å²) in [5.74, 6) is -5.24. The van der Waals surface area contributed by atoms with E-state index in [4.69, 9.17) is 5.73 Å². The smallest absolute Gasteiger partial charge is 0.250 e. The van der Waals surface area contributed by atoms with Gasteiger partial charge in [0.05, 0.1) is 16.1 Å². The van der Waals surface area contributed by atoms with Gasteiger partial charge in [-0.15, -0.1) is 0 Å². The van der Waals surface area contributed by atoms with E-state index in [1.807, 2.05) is 0 Å². The molecule has 20 heavy (non-hydrogen) atoms. The van der Waals surface area contributed by atoms with E-state index >= 15 is 0 Å². The summed E-state index contributed by atoms with van der Waals surface area (Å²) in [6.45, 7) is 0. The normalized spacial score (nSPS) is 35.1. The van der Waals surface area contributed by atoms with Crippen LogP contribution in [0, 0.1) is 11.8 Å². The van der Waals surface area contributed by atoms with Crippen molar-refractivity contribution in [2.75, 3.05) is 0 Å². The first-order valence-corrected chi connectivity index (χ1v) is 7.22. The molecule has 1 heterocycles. The molecule has 3 rings (SSSR count). The molecule has 0 radical (unpaired) electrons. The Balaban J connectivity index is 2.08. The fraction of sp³-hybridized carbons (Fsp3) is 0.538. The van der Waals surface area contributed by atoms with Crippen LogP contribution >= 0.6 is 15.9 Å². The molecule has 108 valence electrons. The zero-order valence-corrected chi connectivity index (χ0v) is 12.0. The van der Waals surface area contributed by atoms with Gasteiger partial charge in [-0.1, -0.05) is 15.9 Å². The maximum Gasteiger partial charge on any atom is 0.250 e. The first-order valence-electron chi connectivity index (χ1n) is 6.30. The van der Waals surface area contributed by atoms with Crippen molar-refractivity contribution in [3.05, 3.63) is 23.2 Å². The zero-order valence-electron chi connectivity index (χ0n) is 10.4. The van der Waals surface area contributed by atoms with Crippen molar-refractivity contribution in [2.45, 2.75) is 30.0 Å². The number of rotatable bonds is 1. The molecule has 0 aromatic carbocycles. The van der Waals surface area contributed by atoms with Gasteiger partial charge in [0.25, 0.3) is 5.91 Å². The maximum atomic E-state index is 13.9. The number of hydrogen-bond donors (Lipinski definition) is 1. The topological polar surface area (TPSA) is 55.5 Å². The summed E-state index contributed by atoms with van der Waals surface area (Å²) in [4.78, 5) is 15.0. The van der Waals surface area contributed by atoms with Gasteiger partial charge in [0.15, 0.2) is 0 Å². The number of nitrogens with zero attached hydrogens (tertiary/aromatic N) is 1. The largest absolute Gasteiger partial charge is 0.366 e. The maximum absolute atomic E-state index is 13.9. The molecule has 2 aliphatic carbocycles. The van der Waals surface area contributed by atoms with Crippen molar-refractivity contribution in [1.29, 1.82) is 0 Å². The third-order valence-electron chi connectivity index (χ3n) is 4.11. The van der Waals surface area contributed by atoms with E-state index in [-0.39, 0.29) is 24.8 Å². The third kappa shape index (κ3) is 2.03. The van der Waals surface area contributed by atoms with Crippen molar-refractivity contribution in [3.63, 3.8) is 0 Å².